The number of rotatable bonds is 5. The largest absolute Gasteiger partial charge is 0.469 e. The predicted molar refractivity (Wildman–Crippen MR) is 77.8 cm³/mol. The van der Waals surface area contributed by atoms with Crippen LogP contribution >= 0.6 is 11.3 Å². The van der Waals surface area contributed by atoms with Gasteiger partial charge in [0, 0.05) is 19.5 Å². The van der Waals surface area contributed by atoms with Gasteiger partial charge in [-0.05, 0) is 28.8 Å². The highest BCUT2D eigenvalue weighted by atomic mass is 32.1. The summed E-state index contributed by atoms with van der Waals surface area (Å²) in [4.78, 5) is 37.1. The average molecular weight is 310 g/mol. The number of carbonyl (C=O) groups excluding carboxylic acids is 3. The normalized spacial score (nSPS) is 18.2. The van der Waals surface area contributed by atoms with Gasteiger partial charge in [0.1, 0.15) is 6.04 Å². The minimum absolute atomic E-state index is 0.105. The van der Waals surface area contributed by atoms with Gasteiger partial charge >= 0.3 is 5.97 Å². The van der Waals surface area contributed by atoms with Gasteiger partial charge in [-0.3, -0.25) is 14.4 Å². The fourth-order valence-corrected chi connectivity index (χ4v) is 2.99. The Morgan fingerprint density at radius 1 is 1.52 bits per heavy atom. The Hall–Kier alpha value is -1.89. The van der Waals surface area contributed by atoms with Crippen molar-refractivity contribution in [2.45, 2.75) is 25.3 Å². The number of carbonyl (C=O) groups is 3. The van der Waals surface area contributed by atoms with Crippen molar-refractivity contribution in [3.63, 3.8) is 0 Å². The first-order valence-corrected chi connectivity index (χ1v) is 7.71. The third-order valence-corrected chi connectivity index (χ3v) is 4.18. The van der Waals surface area contributed by atoms with Crippen LogP contribution in [0.4, 0.5) is 0 Å². The Bertz CT molecular complexity index is 515. The smallest absolute Gasteiger partial charge is 0.308 e. The highest BCUT2D eigenvalue weighted by Crippen LogP contribution is 2.14. The van der Waals surface area contributed by atoms with E-state index in [0.717, 1.165) is 5.56 Å². The molecule has 114 valence electrons. The minimum atomic E-state index is -0.763. The number of thiophene rings is 1. The maximum absolute atomic E-state index is 12.3. The number of esters is 1. The minimum Gasteiger partial charge on any atom is -0.469 e. The molecular formula is C14H18N2O4S. The van der Waals surface area contributed by atoms with Gasteiger partial charge in [0.25, 0.3) is 0 Å². The summed E-state index contributed by atoms with van der Waals surface area (Å²) in [6.45, 7) is 0.844. The zero-order valence-electron chi connectivity index (χ0n) is 11.8. The van der Waals surface area contributed by atoms with Gasteiger partial charge in [-0.25, -0.2) is 0 Å². The highest BCUT2D eigenvalue weighted by molar-refractivity contribution is 7.07. The average Bonchev–Trinajstić information content (AvgIpc) is 3.00. The molecule has 21 heavy (non-hydrogen) atoms. The number of methoxy groups -OCH3 is 1. The van der Waals surface area contributed by atoms with Crippen molar-refractivity contribution >= 4 is 29.1 Å². The van der Waals surface area contributed by atoms with E-state index in [0.29, 0.717) is 25.9 Å². The summed E-state index contributed by atoms with van der Waals surface area (Å²) in [5.74, 6) is -0.895. The second-order valence-electron chi connectivity index (χ2n) is 4.81. The van der Waals surface area contributed by atoms with Crippen LogP contribution in [-0.2, 0) is 25.5 Å². The van der Waals surface area contributed by atoms with Gasteiger partial charge < -0.3 is 15.0 Å². The molecular weight excluding hydrogens is 292 g/mol. The van der Waals surface area contributed by atoms with Crippen LogP contribution in [0.25, 0.3) is 0 Å². The van der Waals surface area contributed by atoms with Crippen molar-refractivity contribution in [1.82, 2.24) is 10.2 Å². The van der Waals surface area contributed by atoms with Crippen LogP contribution in [0.1, 0.15) is 18.4 Å². The summed E-state index contributed by atoms with van der Waals surface area (Å²) >= 11 is 1.59. The zero-order chi connectivity index (χ0) is 15.2. The van der Waals surface area contributed by atoms with Crippen molar-refractivity contribution in [3.05, 3.63) is 22.4 Å². The Labute approximate surface area is 127 Å². The molecule has 1 saturated heterocycles. The molecule has 0 aliphatic carbocycles. The molecule has 1 aromatic heterocycles. The monoisotopic (exact) mass is 310 g/mol. The Morgan fingerprint density at radius 3 is 3.00 bits per heavy atom. The molecule has 0 spiro atoms. The van der Waals surface area contributed by atoms with E-state index in [1.165, 1.54) is 12.0 Å². The lowest BCUT2D eigenvalue weighted by molar-refractivity contribution is -0.150. The van der Waals surface area contributed by atoms with E-state index in [4.69, 9.17) is 0 Å². The zero-order valence-corrected chi connectivity index (χ0v) is 12.6. The number of piperazine rings is 1. The van der Waals surface area contributed by atoms with Gasteiger partial charge in [0.15, 0.2) is 0 Å². The Morgan fingerprint density at radius 2 is 2.33 bits per heavy atom. The molecule has 2 heterocycles. The number of ether oxygens (including phenoxy) is 1. The highest BCUT2D eigenvalue weighted by Gasteiger charge is 2.34. The fraction of sp³-hybridized carbons (Fsp3) is 0.500. The molecule has 6 nitrogen and oxygen atoms in total. The summed E-state index contributed by atoms with van der Waals surface area (Å²) in [7, 11) is 1.27. The first-order valence-electron chi connectivity index (χ1n) is 6.77. The predicted octanol–water partition coefficient (Wildman–Crippen LogP) is 0.571. The van der Waals surface area contributed by atoms with E-state index in [9.17, 15) is 14.4 Å². The summed E-state index contributed by atoms with van der Waals surface area (Å²) in [5.41, 5.74) is 1.11. The Kier molecular flexibility index (Phi) is 5.32. The van der Waals surface area contributed by atoms with Gasteiger partial charge in [-0.15, -0.1) is 0 Å². The molecule has 0 radical (unpaired) electrons. The van der Waals surface area contributed by atoms with Crippen molar-refractivity contribution < 1.29 is 19.1 Å². The lowest BCUT2D eigenvalue weighted by Crippen LogP contribution is -2.57. The van der Waals surface area contributed by atoms with Gasteiger partial charge in [-0.1, -0.05) is 0 Å². The molecule has 1 atom stereocenters. The molecule has 1 fully saturated rings. The molecule has 0 saturated carbocycles. The molecule has 0 bridgehead atoms. The molecule has 1 aliphatic heterocycles. The summed E-state index contributed by atoms with van der Waals surface area (Å²) in [6, 6.07) is 1.22. The number of nitrogens with zero attached hydrogens (tertiary/aromatic N) is 1. The molecule has 1 aliphatic rings. The fourth-order valence-electron chi connectivity index (χ4n) is 2.29. The van der Waals surface area contributed by atoms with Crippen molar-refractivity contribution in [2.75, 3.05) is 20.2 Å². The SMILES string of the molecule is COC(=O)CC1C(=O)NCCN1C(=O)CCc1ccsc1. The lowest BCUT2D eigenvalue weighted by Gasteiger charge is -2.34. The summed E-state index contributed by atoms with van der Waals surface area (Å²) in [6.07, 6.45) is 0.875. The van der Waals surface area contributed by atoms with E-state index < -0.39 is 12.0 Å². The van der Waals surface area contributed by atoms with Gasteiger partial charge in [-0.2, -0.15) is 11.3 Å². The molecule has 1 N–H and O–H groups in total. The second-order valence-corrected chi connectivity index (χ2v) is 5.59. The maximum Gasteiger partial charge on any atom is 0.308 e. The number of amides is 2. The first kappa shape index (κ1) is 15.5. The van der Waals surface area contributed by atoms with Crippen molar-refractivity contribution in [3.8, 4) is 0 Å². The van der Waals surface area contributed by atoms with Crippen LogP contribution in [0.2, 0.25) is 0 Å². The number of aryl methyl sites for hydroxylation is 1. The number of nitrogens with one attached hydrogen (secondary N) is 1. The van der Waals surface area contributed by atoms with E-state index in [2.05, 4.69) is 10.1 Å². The molecule has 2 amide bonds. The van der Waals surface area contributed by atoms with Crippen molar-refractivity contribution in [1.29, 1.82) is 0 Å². The van der Waals surface area contributed by atoms with E-state index in [1.54, 1.807) is 11.3 Å². The van der Waals surface area contributed by atoms with Crippen LogP contribution in [0, 0.1) is 0 Å². The standard InChI is InChI=1S/C14H18N2O4S/c1-20-13(18)8-11-14(19)15-5-6-16(11)12(17)3-2-10-4-7-21-9-10/h4,7,9,11H,2-3,5-6,8H2,1H3,(H,15,19). The second kappa shape index (κ2) is 7.21. The summed E-state index contributed by atoms with van der Waals surface area (Å²) < 4.78 is 4.59. The van der Waals surface area contributed by atoms with Crippen LogP contribution in [0.15, 0.2) is 16.8 Å². The third-order valence-electron chi connectivity index (χ3n) is 3.45. The van der Waals surface area contributed by atoms with E-state index in [1.807, 2.05) is 16.8 Å². The quantitative estimate of drug-likeness (QED) is 0.807. The summed E-state index contributed by atoms with van der Waals surface area (Å²) in [5, 5.41) is 6.65. The van der Waals surface area contributed by atoms with Crippen LogP contribution in [0.5, 0.6) is 0 Å². The van der Waals surface area contributed by atoms with Crippen molar-refractivity contribution in [2.24, 2.45) is 0 Å². The topological polar surface area (TPSA) is 75.7 Å². The number of hydrogen-bond acceptors (Lipinski definition) is 5. The molecule has 1 aromatic rings. The van der Waals surface area contributed by atoms with Gasteiger partial charge in [0.2, 0.25) is 11.8 Å². The lowest BCUT2D eigenvalue weighted by atomic mass is 10.1. The van der Waals surface area contributed by atoms with Crippen LogP contribution < -0.4 is 5.32 Å². The number of hydrogen-bond donors (Lipinski definition) is 1. The van der Waals surface area contributed by atoms with Crippen LogP contribution in [-0.4, -0.2) is 48.9 Å². The Balaban J connectivity index is 1.98. The molecule has 1 unspecified atom stereocenters. The first-order chi connectivity index (χ1) is 10.1. The molecule has 7 heteroatoms. The third kappa shape index (κ3) is 4.04. The van der Waals surface area contributed by atoms with E-state index in [-0.39, 0.29) is 18.2 Å². The maximum atomic E-state index is 12.3. The van der Waals surface area contributed by atoms with Crippen LogP contribution in [0.3, 0.4) is 0 Å². The molecule has 0 aromatic carbocycles. The van der Waals surface area contributed by atoms with E-state index >= 15 is 0 Å². The molecule has 2 rings (SSSR count). The van der Waals surface area contributed by atoms with Gasteiger partial charge in [0.05, 0.1) is 13.5 Å².